The third-order valence-electron chi connectivity index (χ3n) is 8.97. The number of amides is 1. The number of aliphatic hydroxyl groups is 1. The highest BCUT2D eigenvalue weighted by atomic mass is 16.5. The van der Waals surface area contributed by atoms with Crippen LogP contribution in [0.15, 0.2) is 12.1 Å². The molecule has 2 heterocycles. The van der Waals surface area contributed by atoms with Crippen molar-refractivity contribution in [1.29, 1.82) is 0 Å². The standard InChI is InChI=1S/C26H34N2O5/c1-14(2)7-9-27-24(31)17-12-26(32)19-11-16-5-6-18(29)22-20(16)25(26,23(33-22)21(17)30)8-10-28(19)13-15-3-4-15/h5-6,14-15,17,19,23,29,32H,3-4,7-13H2,1-2H3,(H,27,31)/t17?,19-,23+,25+,26-/m1/s1. The summed E-state index contributed by atoms with van der Waals surface area (Å²) < 4.78 is 6.18. The molecule has 7 heteroatoms. The second-order valence-corrected chi connectivity index (χ2v) is 11.4. The summed E-state index contributed by atoms with van der Waals surface area (Å²) in [6, 6.07) is 3.39. The summed E-state index contributed by atoms with van der Waals surface area (Å²) in [6.45, 7) is 6.44. The lowest BCUT2D eigenvalue weighted by Crippen LogP contribution is -2.78. The van der Waals surface area contributed by atoms with Crippen LogP contribution in [0.3, 0.4) is 0 Å². The van der Waals surface area contributed by atoms with Gasteiger partial charge in [-0.1, -0.05) is 19.9 Å². The van der Waals surface area contributed by atoms with Gasteiger partial charge in [-0.3, -0.25) is 14.5 Å². The highest BCUT2D eigenvalue weighted by Crippen LogP contribution is 2.65. The van der Waals surface area contributed by atoms with E-state index < -0.39 is 23.0 Å². The van der Waals surface area contributed by atoms with E-state index in [-0.39, 0.29) is 29.9 Å². The van der Waals surface area contributed by atoms with Gasteiger partial charge in [-0.25, -0.2) is 0 Å². The van der Waals surface area contributed by atoms with Gasteiger partial charge in [0.1, 0.15) is 5.92 Å². The van der Waals surface area contributed by atoms with Gasteiger partial charge in [0.25, 0.3) is 0 Å². The quantitative estimate of drug-likeness (QED) is 0.568. The maximum absolute atomic E-state index is 13.7. The van der Waals surface area contributed by atoms with Crippen LogP contribution < -0.4 is 10.1 Å². The van der Waals surface area contributed by atoms with E-state index in [2.05, 4.69) is 24.1 Å². The average Bonchev–Trinajstić information content (AvgIpc) is 3.50. The van der Waals surface area contributed by atoms with E-state index in [1.54, 1.807) is 6.07 Å². The van der Waals surface area contributed by atoms with Gasteiger partial charge in [-0.05, 0) is 68.5 Å². The van der Waals surface area contributed by atoms with Gasteiger partial charge in [-0.2, -0.15) is 0 Å². The number of Topliss-reactive ketones (excluding diaryl/α,β-unsaturated/α-hetero) is 1. The molecule has 3 aliphatic carbocycles. The molecule has 1 unspecified atom stereocenters. The third-order valence-corrected chi connectivity index (χ3v) is 8.97. The van der Waals surface area contributed by atoms with E-state index in [4.69, 9.17) is 4.74 Å². The first kappa shape index (κ1) is 21.4. The summed E-state index contributed by atoms with van der Waals surface area (Å²) in [7, 11) is 0. The Labute approximate surface area is 194 Å². The molecule has 1 spiro atoms. The van der Waals surface area contributed by atoms with Crippen LogP contribution in [0.5, 0.6) is 11.5 Å². The molecule has 2 aliphatic heterocycles. The minimum Gasteiger partial charge on any atom is -0.504 e. The normalized spacial score (nSPS) is 36.5. The van der Waals surface area contributed by atoms with Gasteiger partial charge in [0, 0.05) is 24.7 Å². The van der Waals surface area contributed by atoms with Gasteiger partial charge in [0.15, 0.2) is 23.4 Å². The lowest BCUT2D eigenvalue weighted by atomic mass is 9.47. The first-order chi connectivity index (χ1) is 15.8. The lowest BCUT2D eigenvalue weighted by molar-refractivity contribution is -0.198. The summed E-state index contributed by atoms with van der Waals surface area (Å²) in [4.78, 5) is 29.3. The van der Waals surface area contributed by atoms with E-state index in [0.717, 1.165) is 30.6 Å². The Bertz CT molecular complexity index is 1020. The maximum atomic E-state index is 13.7. The molecular weight excluding hydrogens is 420 g/mol. The van der Waals surface area contributed by atoms with Crippen molar-refractivity contribution in [2.45, 2.75) is 75.5 Å². The molecule has 1 amide bonds. The number of hydrogen-bond acceptors (Lipinski definition) is 6. The van der Waals surface area contributed by atoms with Crippen LogP contribution >= 0.6 is 0 Å². The molecule has 2 saturated carbocycles. The predicted octanol–water partition coefficient (Wildman–Crippen LogP) is 1.91. The number of ketones is 1. The third kappa shape index (κ3) is 2.88. The molecular formula is C26H34N2O5. The van der Waals surface area contributed by atoms with Crippen LogP contribution in [-0.4, -0.2) is 64.2 Å². The molecule has 6 rings (SSSR count). The largest absolute Gasteiger partial charge is 0.504 e. The van der Waals surface area contributed by atoms with Crippen LogP contribution in [0, 0.1) is 17.8 Å². The van der Waals surface area contributed by atoms with Crippen molar-refractivity contribution in [2.75, 3.05) is 19.6 Å². The number of carbonyl (C=O) groups is 2. The highest BCUT2D eigenvalue weighted by molar-refractivity contribution is 6.06. The first-order valence-corrected chi connectivity index (χ1v) is 12.6. The summed E-state index contributed by atoms with van der Waals surface area (Å²) in [5, 5.41) is 26.0. The Morgan fingerprint density at radius 1 is 1.33 bits per heavy atom. The molecule has 7 nitrogen and oxygen atoms in total. The molecule has 1 saturated heterocycles. The molecule has 2 bridgehead atoms. The van der Waals surface area contributed by atoms with Crippen molar-refractivity contribution >= 4 is 11.7 Å². The molecule has 5 atom stereocenters. The number of rotatable bonds is 6. The fourth-order valence-corrected chi connectivity index (χ4v) is 7.13. The molecule has 5 aliphatic rings. The molecule has 0 aromatic heterocycles. The molecule has 0 radical (unpaired) electrons. The zero-order valence-corrected chi connectivity index (χ0v) is 19.5. The minimum absolute atomic E-state index is 0.00414. The van der Waals surface area contributed by atoms with E-state index in [9.17, 15) is 19.8 Å². The Morgan fingerprint density at radius 2 is 2.12 bits per heavy atom. The molecule has 1 aromatic rings. The number of nitrogens with one attached hydrogen (secondary N) is 1. The Morgan fingerprint density at radius 3 is 2.85 bits per heavy atom. The fourth-order valence-electron chi connectivity index (χ4n) is 7.13. The van der Waals surface area contributed by atoms with Crippen molar-refractivity contribution in [3.63, 3.8) is 0 Å². The number of carbonyl (C=O) groups excluding carboxylic acids is 2. The lowest BCUT2D eigenvalue weighted by Gasteiger charge is -2.63. The average molecular weight is 455 g/mol. The zero-order chi connectivity index (χ0) is 23.1. The van der Waals surface area contributed by atoms with E-state index >= 15 is 0 Å². The molecule has 33 heavy (non-hydrogen) atoms. The monoisotopic (exact) mass is 454 g/mol. The second-order valence-electron chi connectivity index (χ2n) is 11.4. The number of ether oxygens (including phenoxy) is 1. The predicted molar refractivity (Wildman–Crippen MR) is 121 cm³/mol. The van der Waals surface area contributed by atoms with Crippen molar-refractivity contribution in [2.24, 2.45) is 17.8 Å². The van der Waals surface area contributed by atoms with Gasteiger partial charge in [-0.15, -0.1) is 0 Å². The number of piperidine rings is 1. The van der Waals surface area contributed by atoms with Crippen LogP contribution in [0.4, 0.5) is 0 Å². The number of aromatic hydroxyl groups is 1. The fraction of sp³-hybridized carbons (Fsp3) is 0.692. The van der Waals surface area contributed by atoms with Gasteiger partial charge in [0.05, 0.1) is 11.0 Å². The first-order valence-electron chi connectivity index (χ1n) is 12.6. The Balaban J connectivity index is 1.42. The maximum Gasteiger partial charge on any atom is 0.230 e. The van der Waals surface area contributed by atoms with E-state index in [1.165, 1.54) is 12.8 Å². The molecule has 178 valence electrons. The Kier molecular flexibility index (Phi) is 4.67. The summed E-state index contributed by atoms with van der Waals surface area (Å²) >= 11 is 0. The number of nitrogens with zero attached hydrogens (tertiary/aromatic N) is 1. The van der Waals surface area contributed by atoms with Gasteiger partial charge >= 0.3 is 0 Å². The van der Waals surface area contributed by atoms with Crippen LogP contribution in [0.25, 0.3) is 0 Å². The summed E-state index contributed by atoms with van der Waals surface area (Å²) in [5.41, 5.74) is -0.298. The van der Waals surface area contributed by atoms with Crippen molar-refractivity contribution in [1.82, 2.24) is 10.2 Å². The topological polar surface area (TPSA) is 99.1 Å². The van der Waals surface area contributed by atoms with Crippen LogP contribution in [-0.2, 0) is 21.4 Å². The molecule has 3 fully saturated rings. The van der Waals surface area contributed by atoms with Crippen molar-refractivity contribution in [3.8, 4) is 11.5 Å². The Hall–Kier alpha value is -2.12. The number of hydrogen-bond donors (Lipinski definition) is 3. The molecule has 1 aromatic carbocycles. The van der Waals surface area contributed by atoms with Crippen molar-refractivity contribution < 1.29 is 24.5 Å². The SMILES string of the molecule is CC(C)CCNC(=O)C1C[C@@]2(O)[C@H]3Cc4ccc(O)c5c4[C@@]2(CCN3CC2CC2)[C@@H](O5)C1=O. The second kappa shape index (κ2) is 7.19. The highest BCUT2D eigenvalue weighted by Gasteiger charge is 2.75. The zero-order valence-electron chi connectivity index (χ0n) is 19.5. The van der Waals surface area contributed by atoms with Crippen LogP contribution in [0.1, 0.15) is 57.1 Å². The smallest absolute Gasteiger partial charge is 0.230 e. The number of phenols is 1. The van der Waals surface area contributed by atoms with Gasteiger partial charge in [0.2, 0.25) is 5.91 Å². The number of benzene rings is 1. The number of phenolic OH excluding ortho intramolecular Hbond substituents is 1. The van der Waals surface area contributed by atoms with E-state index in [1.807, 2.05) is 6.07 Å². The van der Waals surface area contributed by atoms with Crippen LogP contribution in [0.2, 0.25) is 0 Å². The summed E-state index contributed by atoms with van der Waals surface area (Å²) in [5.74, 6) is -0.0618. The summed E-state index contributed by atoms with van der Waals surface area (Å²) in [6.07, 6.45) is 3.69. The molecule has 3 N–H and O–H groups in total. The van der Waals surface area contributed by atoms with Crippen molar-refractivity contribution in [3.05, 3.63) is 23.3 Å². The number of likely N-dealkylation sites (tertiary alicyclic amines) is 1. The van der Waals surface area contributed by atoms with Gasteiger partial charge < -0.3 is 20.3 Å². The van der Waals surface area contributed by atoms with E-state index in [0.29, 0.717) is 37.0 Å². The minimum atomic E-state index is -1.26.